The van der Waals surface area contributed by atoms with Crippen LogP contribution in [0, 0.1) is 10.8 Å². The molecule has 0 heterocycles. The van der Waals surface area contributed by atoms with Gasteiger partial charge in [-0.15, -0.1) is 0 Å². The van der Waals surface area contributed by atoms with Crippen LogP contribution in [0.15, 0.2) is 0 Å². The second-order valence-electron chi connectivity index (χ2n) is 5.43. The van der Waals surface area contributed by atoms with Gasteiger partial charge in [0.15, 0.2) is 0 Å². The Morgan fingerprint density at radius 3 is 2.00 bits per heavy atom. The van der Waals surface area contributed by atoms with Crippen LogP contribution in [0.5, 0.6) is 0 Å². The average molecular weight is 234 g/mol. The molecule has 0 N–H and O–H groups in total. The highest BCUT2D eigenvalue weighted by atomic mass is 32.2. The lowest BCUT2D eigenvalue weighted by Crippen LogP contribution is -2.34. The first kappa shape index (κ1) is 12.6. The summed E-state index contributed by atoms with van der Waals surface area (Å²) < 4.78 is 27.1. The summed E-state index contributed by atoms with van der Waals surface area (Å²) in [5.41, 5.74) is -1.23. The third-order valence-electron chi connectivity index (χ3n) is 2.99. The summed E-state index contributed by atoms with van der Waals surface area (Å²) in [7, 11) is -3.50. The van der Waals surface area contributed by atoms with Gasteiger partial charge >= 0.3 is 0 Å². The normalized spacial score (nSPS) is 29.4. The van der Waals surface area contributed by atoms with Crippen molar-refractivity contribution in [2.24, 2.45) is 10.8 Å². The van der Waals surface area contributed by atoms with E-state index in [4.69, 9.17) is 4.18 Å². The maximum atomic E-state index is 12.0. The predicted molar refractivity (Wildman–Crippen MR) is 56.9 cm³/mol. The molecule has 1 unspecified atom stereocenters. The highest BCUT2D eigenvalue weighted by molar-refractivity contribution is 7.86. The van der Waals surface area contributed by atoms with E-state index in [1.54, 1.807) is 13.8 Å². The molecule has 0 radical (unpaired) electrons. The fourth-order valence-electron chi connectivity index (χ4n) is 2.19. The molecule has 1 rings (SSSR count). The monoisotopic (exact) mass is 234 g/mol. The first-order chi connectivity index (χ1) is 6.47. The van der Waals surface area contributed by atoms with Crippen molar-refractivity contribution in [2.45, 2.75) is 40.2 Å². The molecule has 15 heavy (non-hydrogen) atoms. The number of ketones is 1. The minimum atomic E-state index is -3.50. The molecule has 0 spiro atoms. The Bertz CT molecular complexity index is 378. The van der Waals surface area contributed by atoms with E-state index in [1.165, 1.54) is 0 Å². The second-order valence-corrected chi connectivity index (χ2v) is 7.03. The van der Waals surface area contributed by atoms with Crippen molar-refractivity contribution in [2.75, 3.05) is 6.26 Å². The van der Waals surface area contributed by atoms with E-state index in [1.807, 2.05) is 13.8 Å². The first-order valence-electron chi connectivity index (χ1n) is 4.90. The quantitative estimate of drug-likeness (QED) is 0.677. The summed E-state index contributed by atoms with van der Waals surface area (Å²) in [6, 6.07) is 0. The maximum Gasteiger partial charge on any atom is 0.264 e. The number of rotatable bonds is 2. The zero-order valence-electron chi connectivity index (χ0n) is 9.83. The van der Waals surface area contributed by atoms with Gasteiger partial charge in [-0.1, -0.05) is 27.7 Å². The first-order valence-corrected chi connectivity index (χ1v) is 6.72. The van der Waals surface area contributed by atoms with Crippen LogP contribution in [0.4, 0.5) is 0 Å². The molecule has 1 saturated carbocycles. The van der Waals surface area contributed by atoms with Crippen LogP contribution in [0.1, 0.15) is 34.1 Å². The van der Waals surface area contributed by atoms with Crippen molar-refractivity contribution in [3.05, 3.63) is 0 Å². The number of hydrogen-bond acceptors (Lipinski definition) is 4. The van der Waals surface area contributed by atoms with Gasteiger partial charge in [0.25, 0.3) is 10.1 Å². The molecule has 0 aromatic rings. The van der Waals surface area contributed by atoms with Gasteiger partial charge in [0.2, 0.25) is 0 Å². The van der Waals surface area contributed by atoms with E-state index in [0.29, 0.717) is 6.42 Å². The lowest BCUT2D eigenvalue weighted by molar-refractivity contribution is -0.132. The van der Waals surface area contributed by atoms with Crippen LogP contribution in [0.2, 0.25) is 0 Å². The van der Waals surface area contributed by atoms with Crippen LogP contribution >= 0.6 is 0 Å². The fraction of sp³-hybridized carbons (Fsp3) is 0.900. The molecule has 1 aliphatic rings. The van der Waals surface area contributed by atoms with Crippen molar-refractivity contribution in [3.8, 4) is 0 Å². The predicted octanol–water partition coefficient (Wildman–Crippen LogP) is 1.36. The molecule has 0 saturated heterocycles. The smallest absolute Gasteiger partial charge is 0.264 e. The standard InChI is InChI=1S/C10H18O4S/c1-9(2)6-7(14-15(5,12)13)10(3,4)8(9)11/h7H,6H2,1-5H3. The zero-order chi connectivity index (χ0) is 12.1. The number of Topliss-reactive ketones (excluding diaryl/α,β-unsaturated/α-hetero) is 1. The van der Waals surface area contributed by atoms with Crippen LogP contribution in [0.3, 0.4) is 0 Å². The van der Waals surface area contributed by atoms with E-state index in [2.05, 4.69) is 0 Å². The minimum Gasteiger partial charge on any atom is -0.298 e. The van der Waals surface area contributed by atoms with Crippen molar-refractivity contribution in [3.63, 3.8) is 0 Å². The topological polar surface area (TPSA) is 60.4 Å². The molecule has 0 bridgehead atoms. The number of carbonyl (C=O) groups is 1. The van der Waals surface area contributed by atoms with E-state index < -0.39 is 27.1 Å². The molecule has 1 aliphatic carbocycles. The summed E-state index contributed by atoms with van der Waals surface area (Å²) in [4.78, 5) is 12.0. The maximum absolute atomic E-state index is 12.0. The minimum absolute atomic E-state index is 0.0589. The summed E-state index contributed by atoms with van der Waals surface area (Å²) in [5.74, 6) is 0.0589. The van der Waals surface area contributed by atoms with Gasteiger partial charge in [-0.05, 0) is 6.42 Å². The van der Waals surface area contributed by atoms with Crippen LogP contribution < -0.4 is 0 Å². The van der Waals surface area contributed by atoms with E-state index >= 15 is 0 Å². The van der Waals surface area contributed by atoms with Crippen LogP contribution in [0.25, 0.3) is 0 Å². The summed E-state index contributed by atoms with van der Waals surface area (Å²) in [6.45, 7) is 7.12. The van der Waals surface area contributed by atoms with E-state index in [0.717, 1.165) is 6.26 Å². The Balaban J connectivity index is 3.00. The van der Waals surface area contributed by atoms with Crippen molar-refractivity contribution in [1.82, 2.24) is 0 Å². The highest BCUT2D eigenvalue weighted by Crippen LogP contribution is 2.47. The van der Waals surface area contributed by atoms with Crippen LogP contribution in [-0.4, -0.2) is 26.6 Å². The molecular formula is C10H18O4S. The molecule has 5 heteroatoms. The zero-order valence-corrected chi connectivity index (χ0v) is 10.6. The Labute approximate surface area is 91.1 Å². The molecule has 88 valence electrons. The van der Waals surface area contributed by atoms with Gasteiger partial charge in [0, 0.05) is 5.41 Å². The van der Waals surface area contributed by atoms with Gasteiger partial charge in [0.05, 0.1) is 17.8 Å². The average Bonchev–Trinajstić information content (AvgIpc) is 2.09. The summed E-state index contributed by atoms with van der Waals surface area (Å²) in [5, 5.41) is 0. The van der Waals surface area contributed by atoms with E-state index in [-0.39, 0.29) is 5.78 Å². The molecule has 1 atom stereocenters. The molecule has 4 nitrogen and oxygen atoms in total. The van der Waals surface area contributed by atoms with Gasteiger partial charge in [-0.2, -0.15) is 8.42 Å². The second kappa shape index (κ2) is 3.28. The van der Waals surface area contributed by atoms with Gasteiger partial charge in [-0.25, -0.2) is 0 Å². The van der Waals surface area contributed by atoms with Crippen molar-refractivity contribution < 1.29 is 17.4 Å². The fourth-order valence-corrected chi connectivity index (χ4v) is 2.93. The third kappa shape index (κ3) is 2.39. The summed E-state index contributed by atoms with van der Waals surface area (Å²) >= 11 is 0. The van der Waals surface area contributed by atoms with Gasteiger partial charge in [0.1, 0.15) is 5.78 Å². The Morgan fingerprint density at radius 2 is 1.73 bits per heavy atom. The third-order valence-corrected chi connectivity index (χ3v) is 3.57. The lowest BCUT2D eigenvalue weighted by atomic mass is 9.82. The summed E-state index contributed by atoms with van der Waals surface area (Å²) in [6.07, 6.45) is 0.917. The number of carbonyl (C=O) groups excluding carboxylic acids is 1. The molecule has 0 amide bonds. The van der Waals surface area contributed by atoms with Crippen LogP contribution in [-0.2, 0) is 19.1 Å². The van der Waals surface area contributed by atoms with Gasteiger partial charge in [-0.3, -0.25) is 8.98 Å². The van der Waals surface area contributed by atoms with Crippen molar-refractivity contribution in [1.29, 1.82) is 0 Å². The highest BCUT2D eigenvalue weighted by Gasteiger charge is 2.54. The molecule has 0 aromatic carbocycles. The number of hydrogen-bond donors (Lipinski definition) is 0. The molecular weight excluding hydrogens is 216 g/mol. The Morgan fingerprint density at radius 1 is 1.27 bits per heavy atom. The molecule has 1 fully saturated rings. The lowest BCUT2D eigenvalue weighted by Gasteiger charge is -2.24. The van der Waals surface area contributed by atoms with Crippen molar-refractivity contribution >= 4 is 15.9 Å². The van der Waals surface area contributed by atoms with Gasteiger partial charge < -0.3 is 0 Å². The molecule has 0 aromatic heterocycles. The Kier molecular flexibility index (Phi) is 2.77. The largest absolute Gasteiger partial charge is 0.298 e. The SMILES string of the molecule is CC1(C)CC(OS(C)(=O)=O)C(C)(C)C1=O. The Hall–Kier alpha value is -0.420. The molecule has 0 aliphatic heterocycles. The van der Waals surface area contributed by atoms with E-state index in [9.17, 15) is 13.2 Å².